The molecule has 0 aromatic heterocycles. The average Bonchev–Trinajstić information content (AvgIpc) is 2.85. The fraction of sp³-hybridized carbons (Fsp3) is 1.00. The molecular formula is C15H30N2. The first kappa shape index (κ1) is 13.4. The number of likely N-dealkylation sites (tertiary alicyclic amines) is 1. The predicted molar refractivity (Wildman–Crippen MR) is 74.3 cm³/mol. The van der Waals surface area contributed by atoms with Crippen molar-refractivity contribution in [2.24, 2.45) is 11.8 Å². The van der Waals surface area contributed by atoms with Crippen LogP contribution < -0.4 is 5.32 Å². The molecule has 0 amide bonds. The van der Waals surface area contributed by atoms with E-state index in [0.29, 0.717) is 0 Å². The Morgan fingerprint density at radius 2 is 1.76 bits per heavy atom. The lowest BCUT2D eigenvalue weighted by molar-refractivity contribution is 0.209. The van der Waals surface area contributed by atoms with E-state index in [4.69, 9.17) is 0 Å². The van der Waals surface area contributed by atoms with Gasteiger partial charge in [0, 0.05) is 6.04 Å². The molecule has 0 aromatic carbocycles. The quantitative estimate of drug-likeness (QED) is 0.792. The van der Waals surface area contributed by atoms with Crippen molar-refractivity contribution in [3.05, 3.63) is 0 Å². The summed E-state index contributed by atoms with van der Waals surface area (Å²) in [5, 5.41) is 3.77. The number of hydrogen-bond acceptors (Lipinski definition) is 2. The Morgan fingerprint density at radius 3 is 2.41 bits per heavy atom. The Morgan fingerprint density at radius 1 is 1.12 bits per heavy atom. The summed E-state index contributed by atoms with van der Waals surface area (Å²) in [6.07, 6.45) is 10.1. The van der Waals surface area contributed by atoms with Gasteiger partial charge in [0.1, 0.15) is 0 Å². The third kappa shape index (κ3) is 4.26. The molecule has 2 fully saturated rings. The number of nitrogens with zero attached hydrogens (tertiary/aromatic N) is 1. The average molecular weight is 238 g/mol. The summed E-state index contributed by atoms with van der Waals surface area (Å²) in [5.41, 5.74) is 0. The van der Waals surface area contributed by atoms with Gasteiger partial charge in [-0.05, 0) is 77.5 Å². The van der Waals surface area contributed by atoms with Gasteiger partial charge in [-0.15, -0.1) is 0 Å². The summed E-state index contributed by atoms with van der Waals surface area (Å²) < 4.78 is 0. The number of hydrogen-bond donors (Lipinski definition) is 1. The Labute approximate surface area is 107 Å². The lowest BCUT2D eigenvalue weighted by Crippen LogP contribution is -2.35. The molecule has 0 radical (unpaired) electrons. The first-order chi connectivity index (χ1) is 8.25. The smallest absolute Gasteiger partial charge is 0.00669 e. The van der Waals surface area contributed by atoms with E-state index in [0.717, 1.165) is 17.9 Å². The van der Waals surface area contributed by atoms with Crippen LogP contribution in [0.15, 0.2) is 0 Å². The summed E-state index contributed by atoms with van der Waals surface area (Å²) in [5.74, 6) is 1.95. The first-order valence-electron chi connectivity index (χ1n) is 7.67. The molecule has 100 valence electrons. The Kier molecular flexibility index (Phi) is 5.30. The molecule has 17 heavy (non-hydrogen) atoms. The molecule has 1 atom stereocenters. The summed E-state index contributed by atoms with van der Waals surface area (Å²) in [6, 6.07) is 0.753. The van der Waals surface area contributed by atoms with E-state index in [1.165, 1.54) is 64.6 Å². The first-order valence-corrected chi connectivity index (χ1v) is 7.67. The summed E-state index contributed by atoms with van der Waals surface area (Å²) in [6.45, 7) is 6.25. The molecule has 2 nitrogen and oxygen atoms in total. The van der Waals surface area contributed by atoms with Gasteiger partial charge in [0.25, 0.3) is 0 Å². The van der Waals surface area contributed by atoms with Gasteiger partial charge in [-0.1, -0.05) is 12.8 Å². The minimum Gasteiger partial charge on any atom is -0.314 e. The molecule has 1 heterocycles. The normalized spacial score (nSPS) is 26.5. The summed E-state index contributed by atoms with van der Waals surface area (Å²) in [7, 11) is 2.25. The molecular weight excluding hydrogens is 208 g/mol. The van der Waals surface area contributed by atoms with Crippen molar-refractivity contribution in [2.45, 2.75) is 57.9 Å². The van der Waals surface area contributed by atoms with E-state index in [9.17, 15) is 0 Å². The number of piperidine rings is 1. The zero-order valence-corrected chi connectivity index (χ0v) is 11.8. The molecule has 0 aromatic rings. The predicted octanol–water partition coefficient (Wildman–Crippen LogP) is 2.89. The van der Waals surface area contributed by atoms with Crippen LogP contribution in [0.1, 0.15) is 51.9 Å². The second-order valence-electron chi connectivity index (χ2n) is 6.32. The van der Waals surface area contributed by atoms with Crippen molar-refractivity contribution < 1.29 is 0 Å². The van der Waals surface area contributed by atoms with Gasteiger partial charge in [0.05, 0.1) is 0 Å². The zero-order chi connectivity index (χ0) is 12.1. The monoisotopic (exact) mass is 238 g/mol. The highest BCUT2D eigenvalue weighted by Crippen LogP contribution is 2.27. The van der Waals surface area contributed by atoms with Gasteiger partial charge in [-0.2, -0.15) is 0 Å². The zero-order valence-electron chi connectivity index (χ0n) is 11.8. The van der Waals surface area contributed by atoms with E-state index < -0.39 is 0 Å². The lowest BCUT2D eigenvalue weighted by Gasteiger charge is -2.29. The van der Waals surface area contributed by atoms with E-state index in [2.05, 4.69) is 24.2 Å². The highest BCUT2D eigenvalue weighted by atomic mass is 15.1. The Bertz CT molecular complexity index is 203. The second kappa shape index (κ2) is 6.75. The van der Waals surface area contributed by atoms with Crippen LogP contribution in [0.4, 0.5) is 0 Å². The van der Waals surface area contributed by atoms with Crippen molar-refractivity contribution in [3.8, 4) is 0 Å². The van der Waals surface area contributed by atoms with Gasteiger partial charge < -0.3 is 10.2 Å². The van der Waals surface area contributed by atoms with Gasteiger partial charge in [-0.3, -0.25) is 0 Å². The number of rotatable bonds is 5. The molecule has 2 rings (SSSR count). The van der Waals surface area contributed by atoms with Crippen LogP contribution in [0.3, 0.4) is 0 Å². The molecule has 1 N–H and O–H groups in total. The second-order valence-corrected chi connectivity index (χ2v) is 6.32. The summed E-state index contributed by atoms with van der Waals surface area (Å²) in [4.78, 5) is 2.46. The van der Waals surface area contributed by atoms with Crippen LogP contribution in [-0.4, -0.2) is 37.6 Å². The third-order valence-electron chi connectivity index (χ3n) is 4.96. The van der Waals surface area contributed by atoms with Crippen LogP contribution in [0.25, 0.3) is 0 Å². The molecule has 0 bridgehead atoms. The maximum Gasteiger partial charge on any atom is 0.00669 e. The SMILES string of the molecule is CC(NCCC1CCN(C)CC1)C1CCCC1. The van der Waals surface area contributed by atoms with Crippen molar-refractivity contribution in [2.75, 3.05) is 26.7 Å². The minimum absolute atomic E-state index is 0.753. The molecule has 2 aliphatic rings. The maximum atomic E-state index is 3.77. The van der Waals surface area contributed by atoms with Crippen molar-refractivity contribution >= 4 is 0 Å². The van der Waals surface area contributed by atoms with Crippen LogP contribution >= 0.6 is 0 Å². The fourth-order valence-corrected chi connectivity index (χ4v) is 3.49. The molecule has 1 aliphatic carbocycles. The standard InChI is InChI=1S/C15H30N2/c1-13(15-5-3-4-6-15)16-10-7-14-8-11-17(2)12-9-14/h13-16H,3-12H2,1-2H3. The fourth-order valence-electron chi connectivity index (χ4n) is 3.49. The Hall–Kier alpha value is -0.0800. The highest BCUT2D eigenvalue weighted by molar-refractivity contribution is 4.78. The Balaban J connectivity index is 1.56. The van der Waals surface area contributed by atoms with Crippen molar-refractivity contribution in [1.82, 2.24) is 10.2 Å². The van der Waals surface area contributed by atoms with E-state index in [1.54, 1.807) is 0 Å². The topological polar surface area (TPSA) is 15.3 Å². The maximum absolute atomic E-state index is 3.77. The van der Waals surface area contributed by atoms with Crippen molar-refractivity contribution in [1.29, 1.82) is 0 Å². The highest BCUT2D eigenvalue weighted by Gasteiger charge is 2.21. The minimum atomic E-state index is 0.753. The van der Waals surface area contributed by atoms with Crippen LogP contribution in [0.2, 0.25) is 0 Å². The van der Waals surface area contributed by atoms with Gasteiger partial charge >= 0.3 is 0 Å². The van der Waals surface area contributed by atoms with E-state index in [1.807, 2.05) is 0 Å². The largest absolute Gasteiger partial charge is 0.314 e. The van der Waals surface area contributed by atoms with Crippen LogP contribution in [-0.2, 0) is 0 Å². The molecule has 1 unspecified atom stereocenters. The van der Waals surface area contributed by atoms with Gasteiger partial charge in [0.2, 0.25) is 0 Å². The van der Waals surface area contributed by atoms with Crippen LogP contribution in [0, 0.1) is 11.8 Å². The van der Waals surface area contributed by atoms with Gasteiger partial charge in [0.15, 0.2) is 0 Å². The number of nitrogens with one attached hydrogen (secondary N) is 1. The molecule has 1 saturated carbocycles. The molecule has 1 saturated heterocycles. The molecule has 2 heteroatoms. The van der Waals surface area contributed by atoms with Crippen molar-refractivity contribution in [3.63, 3.8) is 0 Å². The lowest BCUT2D eigenvalue weighted by atomic mass is 9.93. The van der Waals surface area contributed by atoms with E-state index in [-0.39, 0.29) is 0 Å². The molecule has 0 spiro atoms. The van der Waals surface area contributed by atoms with Gasteiger partial charge in [-0.25, -0.2) is 0 Å². The third-order valence-corrected chi connectivity index (χ3v) is 4.96. The molecule has 1 aliphatic heterocycles. The van der Waals surface area contributed by atoms with Crippen LogP contribution in [0.5, 0.6) is 0 Å². The van der Waals surface area contributed by atoms with E-state index >= 15 is 0 Å². The summed E-state index contributed by atoms with van der Waals surface area (Å²) >= 11 is 0.